The molecule has 2 N–H and O–H groups in total. The minimum absolute atomic E-state index is 0.114. The summed E-state index contributed by atoms with van der Waals surface area (Å²) in [5, 5.41) is 5.63. The molecule has 132 valence electrons. The molecule has 0 bridgehead atoms. The van der Waals surface area contributed by atoms with E-state index in [-0.39, 0.29) is 18.2 Å². The Bertz CT molecular complexity index is 728. The fraction of sp³-hybridized carbons (Fsp3) is 0.263. The average Bonchev–Trinajstić information content (AvgIpc) is 2.61. The number of carbonyl (C=O) groups excluding carboxylic acids is 2. The summed E-state index contributed by atoms with van der Waals surface area (Å²) in [5.74, 6) is 0.968. The second kappa shape index (κ2) is 8.73. The lowest BCUT2D eigenvalue weighted by molar-refractivity contribution is -0.120. The van der Waals surface area contributed by atoms with Crippen LogP contribution in [-0.2, 0) is 9.59 Å². The fourth-order valence-electron chi connectivity index (χ4n) is 2.43. The van der Waals surface area contributed by atoms with Crippen LogP contribution in [0.25, 0.3) is 0 Å². The molecule has 6 heteroatoms. The maximum atomic E-state index is 12.4. The maximum Gasteiger partial charge on any atom is 0.226 e. The van der Waals surface area contributed by atoms with Crippen LogP contribution in [0, 0.1) is 0 Å². The maximum absolute atomic E-state index is 12.4. The molecule has 25 heavy (non-hydrogen) atoms. The topological polar surface area (TPSA) is 76.7 Å². The van der Waals surface area contributed by atoms with E-state index in [4.69, 9.17) is 9.47 Å². The van der Waals surface area contributed by atoms with E-state index in [1.54, 1.807) is 50.6 Å². The van der Waals surface area contributed by atoms with Gasteiger partial charge in [-0.1, -0.05) is 18.2 Å². The first-order valence-corrected chi connectivity index (χ1v) is 7.86. The van der Waals surface area contributed by atoms with Gasteiger partial charge in [-0.05, 0) is 29.8 Å². The first-order valence-electron chi connectivity index (χ1n) is 7.86. The summed E-state index contributed by atoms with van der Waals surface area (Å²) in [5.41, 5.74) is 1.47. The SMILES string of the molecule is COc1ccc(C(CC(=O)Nc2cccc(OC)c2)NC(C)=O)cc1. The van der Waals surface area contributed by atoms with Crippen LogP contribution in [0.2, 0.25) is 0 Å². The molecule has 0 saturated carbocycles. The molecule has 0 aliphatic heterocycles. The van der Waals surface area contributed by atoms with E-state index in [0.29, 0.717) is 17.2 Å². The zero-order valence-corrected chi connectivity index (χ0v) is 14.5. The first-order chi connectivity index (χ1) is 12.0. The number of nitrogens with one attached hydrogen (secondary N) is 2. The van der Waals surface area contributed by atoms with E-state index in [2.05, 4.69) is 10.6 Å². The number of ether oxygens (including phenoxy) is 2. The standard InChI is InChI=1S/C19H22N2O4/c1-13(22)20-18(14-7-9-16(24-2)10-8-14)12-19(23)21-15-5-4-6-17(11-15)25-3/h4-11,18H,12H2,1-3H3,(H,20,22)(H,21,23). The van der Waals surface area contributed by atoms with Gasteiger partial charge in [0.25, 0.3) is 0 Å². The molecule has 1 unspecified atom stereocenters. The molecule has 6 nitrogen and oxygen atoms in total. The normalized spacial score (nSPS) is 11.3. The Morgan fingerprint density at radius 3 is 2.28 bits per heavy atom. The van der Waals surface area contributed by atoms with Crippen molar-refractivity contribution < 1.29 is 19.1 Å². The van der Waals surface area contributed by atoms with Gasteiger partial charge in [0.05, 0.1) is 26.7 Å². The molecule has 2 rings (SSSR count). The Labute approximate surface area is 147 Å². The molecule has 2 amide bonds. The molecule has 0 spiro atoms. The molecular weight excluding hydrogens is 320 g/mol. The second-order valence-corrected chi connectivity index (χ2v) is 5.51. The van der Waals surface area contributed by atoms with Gasteiger partial charge in [0.1, 0.15) is 11.5 Å². The molecule has 0 radical (unpaired) electrons. The quantitative estimate of drug-likeness (QED) is 0.811. The van der Waals surface area contributed by atoms with Gasteiger partial charge in [0.15, 0.2) is 0 Å². The number of rotatable bonds is 7. The van der Waals surface area contributed by atoms with Crippen molar-refractivity contribution in [1.29, 1.82) is 0 Å². The third-order valence-corrected chi connectivity index (χ3v) is 3.64. The predicted molar refractivity (Wildman–Crippen MR) is 95.8 cm³/mol. The number of anilines is 1. The van der Waals surface area contributed by atoms with Crippen molar-refractivity contribution in [2.24, 2.45) is 0 Å². The molecule has 2 aromatic rings. The lowest BCUT2D eigenvalue weighted by Crippen LogP contribution is -2.29. The fourth-order valence-corrected chi connectivity index (χ4v) is 2.43. The Morgan fingerprint density at radius 2 is 1.68 bits per heavy atom. The van der Waals surface area contributed by atoms with E-state index in [1.807, 2.05) is 12.1 Å². The predicted octanol–water partition coefficient (Wildman–Crippen LogP) is 2.91. The van der Waals surface area contributed by atoms with Gasteiger partial charge in [-0.25, -0.2) is 0 Å². The van der Waals surface area contributed by atoms with Crippen LogP contribution in [0.3, 0.4) is 0 Å². The van der Waals surface area contributed by atoms with Crippen LogP contribution in [0.15, 0.2) is 48.5 Å². The van der Waals surface area contributed by atoms with Crippen molar-refractivity contribution in [1.82, 2.24) is 5.32 Å². The van der Waals surface area contributed by atoms with Gasteiger partial charge >= 0.3 is 0 Å². The van der Waals surface area contributed by atoms with Crippen molar-refractivity contribution in [3.63, 3.8) is 0 Å². The highest BCUT2D eigenvalue weighted by Crippen LogP contribution is 2.22. The van der Waals surface area contributed by atoms with Gasteiger partial charge < -0.3 is 20.1 Å². The van der Waals surface area contributed by atoms with Gasteiger partial charge in [-0.15, -0.1) is 0 Å². The monoisotopic (exact) mass is 342 g/mol. The second-order valence-electron chi connectivity index (χ2n) is 5.51. The number of hydrogen-bond acceptors (Lipinski definition) is 4. The Balaban J connectivity index is 2.09. The number of hydrogen-bond donors (Lipinski definition) is 2. The Kier molecular flexibility index (Phi) is 6.39. The molecule has 0 fully saturated rings. The third-order valence-electron chi connectivity index (χ3n) is 3.64. The van der Waals surface area contributed by atoms with Crippen molar-refractivity contribution in [2.75, 3.05) is 19.5 Å². The highest BCUT2D eigenvalue weighted by atomic mass is 16.5. The highest BCUT2D eigenvalue weighted by molar-refractivity contribution is 5.91. The minimum atomic E-state index is -0.422. The number of amides is 2. The molecular formula is C19H22N2O4. The van der Waals surface area contributed by atoms with E-state index in [0.717, 1.165) is 5.56 Å². The summed E-state index contributed by atoms with van der Waals surface area (Å²) < 4.78 is 10.3. The number of methoxy groups -OCH3 is 2. The zero-order chi connectivity index (χ0) is 18.2. The van der Waals surface area contributed by atoms with Gasteiger partial charge in [0.2, 0.25) is 11.8 Å². The zero-order valence-electron chi connectivity index (χ0n) is 14.5. The molecule has 0 heterocycles. The van der Waals surface area contributed by atoms with E-state index < -0.39 is 6.04 Å². The van der Waals surface area contributed by atoms with Crippen molar-refractivity contribution >= 4 is 17.5 Å². The van der Waals surface area contributed by atoms with Crippen LogP contribution in [0.4, 0.5) is 5.69 Å². The van der Waals surface area contributed by atoms with Gasteiger partial charge in [-0.2, -0.15) is 0 Å². The lowest BCUT2D eigenvalue weighted by atomic mass is 10.0. The molecule has 0 saturated heterocycles. The Morgan fingerprint density at radius 1 is 1.00 bits per heavy atom. The Hall–Kier alpha value is -3.02. The van der Waals surface area contributed by atoms with Crippen LogP contribution in [-0.4, -0.2) is 26.0 Å². The first kappa shape index (κ1) is 18.3. The molecule has 1 atom stereocenters. The summed E-state index contributed by atoms with van der Waals surface area (Å²) in [7, 11) is 3.15. The molecule has 0 aliphatic rings. The summed E-state index contributed by atoms with van der Waals surface area (Å²) >= 11 is 0. The average molecular weight is 342 g/mol. The third kappa shape index (κ3) is 5.53. The highest BCUT2D eigenvalue weighted by Gasteiger charge is 2.17. The van der Waals surface area contributed by atoms with Crippen LogP contribution >= 0.6 is 0 Å². The minimum Gasteiger partial charge on any atom is -0.497 e. The summed E-state index contributed by atoms with van der Waals surface area (Å²) in [4.78, 5) is 23.9. The van der Waals surface area contributed by atoms with E-state index in [9.17, 15) is 9.59 Å². The van der Waals surface area contributed by atoms with Crippen LogP contribution in [0.5, 0.6) is 11.5 Å². The summed E-state index contributed by atoms with van der Waals surface area (Å²) in [6, 6.07) is 13.9. The summed E-state index contributed by atoms with van der Waals surface area (Å²) in [6.45, 7) is 1.43. The molecule has 2 aromatic carbocycles. The van der Waals surface area contributed by atoms with Crippen molar-refractivity contribution in [3.8, 4) is 11.5 Å². The lowest BCUT2D eigenvalue weighted by Gasteiger charge is -2.18. The number of benzene rings is 2. The largest absolute Gasteiger partial charge is 0.497 e. The van der Waals surface area contributed by atoms with Crippen molar-refractivity contribution in [2.45, 2.75) is 19.4 Å². The van der Waals surface area contributed by atoms with E-state index in [1.165, 1.54) is 6.92 Å². The van der Waals surface area contributed by atoms with Crippen molar-refractivity contribution in [3.05, 3.63) is 54.1 Å². The smallest absolute Gasteiger partial charge is 0.226 e. The van der Waals surface area contributed by atoms with Gasteiger partial charge in [-0.3, -0.25) is 9.59 Å². The molecule has 0 aliphatic carbocycles. The van der Waals surface area contributed by atoms with Crippen LogP contribution < -0.4 is 20.1 Å². The number of carbonyl (C=O) groups is 2. The van der Waals surface area contributed by atoms with E-state index >= 15 is 0 Å². The van der Waals surface area contributed by atoms with Crippen LogP contribution in [0.1, 0.15) is 24.9 Å². The molecule has 0 aromatic heterocycles. The van der Waals surface area contributed by atoms with Gasteiger partial charge in [0, 0.05) is 18.7 Å². The summed E-state index contributed by atoms with van der Waals surface area (Å²) in [6.07, 6.45) is 0.114.